The van der Waals surface area contributed by atoms with Crippen LogP contribution in [0.5, 0.6) is 0 Å². The van der Waals surface area contributed by atoms with E-state index in [0.717, 1.165) is 0 Å². The molecule has 0 aliphatic carbocycles. The minimum atomic E-state index is 0.0457. The monoisotopic (exact) mass is 106 g/mol. The van der Waals surface area contributed by atoms with Gasteiger partial charge in [-0.05, 0) is 0 Å². The quantitative estimate of drug-likeness (QED) is 0.396. The Morgan fingerprint density at radius 3 is 2.43 bits per heavy atom. The molecule has 0 atom stereocenters. The summed E-state index contributed by atoms with van der Waals surface area (Å²) in [6.07, 6.45) is 0. The minimum Gasteiger partial charge on any atom is -0.395 e. The molecule has 0 amide bonds. The summed E-state index contributed by atoms with van der Waals surface area (Å²) in [5.74, 6) is 0. The fraction of sp³-hybridized carbons (Fsp3) is 1.00. The van der Waals surface area contributed by atoms with Crippen LogP contribution in [0.25, 0.3) is 0 Å². The van der Waals surface area contributed by atoms with Crippen LogP contribution >= 0.6 is 0 Å². The van der Waals surface area contributed by atoms with Crippen LogP contribution in [0.4, 0.5) is 0 Å². The zero-order valence-electron chi connectivity index (χ0n) is 4.26. The van der Waals surface area contributed by atoms with Gasteiger partial charge in [-0.15, -0.1) is 5.59 Å². The molecule has 0 rings (SSSR count). The van der Waals surface area contributed by atoms with Crippen LogP contribution in [0.3, 0.4) is 0 Å². The zero-order chi connectivity index (χ0) is 5.70. The Bertz CT molecular complexity index is 41.9. The van der Waals surface area contributed by atoms with E-state index in [-0.39, 0.29) is 6.61 Å². The fourth-order valence-electron chi connectivity index (χ4n) is 0.200. The molecular formula is C3H10N2O2. The van der Waals surface area contributed by atoms with E-state index in [1.54, 1.807) is 7.05 Å². The lowest BCUT2D eigenvalue weighted by molar-refractivity contribution is -0.00946. The van der Waals surface area contributed by atoms with Crippen molar-refractivity contribution < 1.29 is 10.3 Å². The lowest BCUT2D eigenvalue weighted by Gasteiger charge is -2.09. The van der Waals surface area contributed by atoms with Crippen molar-refractivity contribution in [1.82, 2.24) is 10.6 Å². The fourth-order valence-corrected chi connectivity index (χ4v) is 0.200. The van der Waals surface area contributed by atoms with Gasteiger partial charge < -0.3 is 10.3 Å². The van der Waals surface area contributed by atoms with Gasteiger partial charge in [-0.2, -0.15) is 0 Å². The van der Waals surface area contributed by atoms with E-state index in [2.05, 4.69) is 0 Å². The Hall–Kier alpha value is -0.160. The van der Waals surface area contributed by atoms with Crippen molar-refractivity contribution in [3.8, 4) is 0 Å². The topological polar surface area (TPSA) is 55.7 Å². The van der Waals surface area contributed by atoms with E-state index < -0.39 is 0 Å². The van der Waals surface area contributed by atoms with Gasteiger partial charge in [0.15, 0.2) is 0 Å². The summed E-state index contributed by atoms with van der Waals surface area (Å²) in [5.41, 5.74) is 1.84. The molecule has 0 unspecified atom stereocenters. The van der Waals surface area contributed by atoms with Gasteiger partial charge in [0.2, 0.25) is 0 Å². The third-order valence-corrected chi connectivity index (χ3v) is 0.606. The summed E-state index contributed by atoms with van der Waals surface area (Å²) in [6, 6.07) is 0. The Morgan fingerprint density at radius 2 is 2.29 bits per heavy atom. The molecule has 0 spiro atoms. The maximum Gasteiger partial charge on any atom is 0.0573 e. The van der Waals surface area contributed by atoms with Crippen LogP contribution in [-0.4, -0.2) is 35.5 Å². The van der Waals surface area contributed by atoms with E-state index >= 15 is 0 Å². The predicted molar refractivity (Wildman–Crippen MR) is 24.6 cm³/mol. The van der Waals surface area contributed by atoms with Crippen LogP contribution in [0, 0.1) is 0 Å². The van der Waals surface area contributed by atoms with Crippen LogP contribution in [0.1, 0.15) is 0 Å². The van der Waals surface area contributed by atoms with Crippen molar-refractivity contribution in [3.63, 3.8) is 0 Å². The van der Waals surface area contributed by atoms with Gasteiger partial charge in [0, 0.05) is 13.6 Å². The predicted octanol–water partition coefficient (Wildman–Crippen LogP) is -1.20. The van der Waals surface area contributed by atoms with Crippen molar-refractivity contribution in [2.24, 2.45) is 0 Å². The highest BCUT2D eigenvalue weighted by molar-refractivity contribution is 4.31. The summed E-state index contributed by atoms with van der Waals surface area (Å²) in [7, 11) is 1.62. The molecule has 0 fully saturated rings. The molecule has 4 heteroatoms. The summed E-state index contributed by atoms with van der Waals surface area (Å²) < 4.78 is 0. The molecule has 0 aromatic carbocycles. The number of hydrogen-bond acceptors (Lipinski definition) is 4. The highest BCUT2D eigenvalue weighted by Crippen LogP contribution is 1.66. The van der Waals surface area contributed by atoms with Crippen LogP contribution in [-0.2, 0) is 0 Å². The number of likely N-dealkylation sites (N-methyl/N-ethyl adjacent to an activating group) is 1. The van der Waals surface area contributed by atoms with E-state index in [1.165, 1.54) is 5.01 Å². The average molecular weight is 106 g/mol. The van der Waals surface area contributed by atoms with Crippen LogP contribution < -0.4 is 5.59 Å². The van der Waals surface area contributed by atoms with E-state index in [4.69, 9.17) is 10.3 Å². The molecule has 4 nitrogen and oxygen atoms in total. The maximum atomic E-state index is 8.18. The first kappa shape index (κ1) is 6.84. The van der Waals surface area contributed by atoms with Gasteiger partial charge in [0.05, 0.1) is 6.61 Å². The summed E-state index contributed by atoms with van der Waals surface area (Å²) in [5, 5.41) is 17.6. The Morgan fingerprint density at radius 1 is 1.71 bits per heavy atom. The summed E-state index contributed by atoms with van der Waals surface area (Å²) >= 11 is 0. The number of aliphatic hydroxyl groups excluding tert-OH is 1. The first-order chi connectivity index (χ1) is 3.31. The van der Waals surface area contributed by atoms with E-state index in [1.807, 2.05) is 5.59 Å². The average Bonchev–Trinajstić information content (AvgIpc) is 1.68. The molecule has 44 valence electrons. The van der Waals surface area contributed by atoms with Gasteiger partial charge in [-0.3, -0.25) is 0 Å². The van der Waals surface area contributed by atoms with Crippen LogP contribution in [0.2, 0.25) is 0 Å². The largest absolute Gasteiger partial charge is 0.395 e. The van der Waals surface area contributed by atoms with E-state index in [0.29, 0.717) is 6.54 Å². The molecule has 0 bridgehead atoms. The summed E-state index contributed by atoms with van der Waals surface area (Å²) in [4.78, 5) is 0. The van der Waals surface area contributed by atoms with Crippen LogP contribution in [0.15, 0.2) is 0 Å². The number of nitrogens with one attached hydrogen (secondary N) is 1. The second kappa shape index (κ2) is 4.01. The van der Waals surface area contributed by atoms with Gasteiger partial charge in [-0.25, -0.2) is 5.01 Å². The number of hydrazine groups is 1. The molecule has 0 aliphatic rings. The van der Waals surface area contributed by atoms with Crippen molar-refractivity contribution >= 4 is 0 Å². The Kier molecular flexibility index (Phi) is 3.92. The Balaban J connectivity index is 2.83. The first-order valence-electron chi connectivity index (χ1n) is 2.03. The maximum absolute atomic E-state index is 8.18. The number of hydrogen-bond donors (Lipinski definition) is 3. The number of rotatable bonds is 3. The van der Waals surface area contributed by atoms with E-state index in [9.17, 15) is 0 Å². The van der Waals surface area contributed by atoms with Gasteiger partial charge >= 0.3 is 0 Å². The summed E-state index contributed by atoms with van der Waals surface area (Å²) in [6.45, 7) is 0.473. The normalized spacial score (nSPS) is 10.3. The van der Waals surface area contributed by atoms with Crippen molar-refractivity contribution in [3.05, 3.63) is 0 Å². The molecular weight excluding hydrogens is 96.0 g/mol. The highest BCUT2D eigenvalue weighted by Gasteiger charge is 1.87. The second-order valence-electron chi connectivity index (χ2n) is 1.25. The first-order valence-corrected chi connectivity index (χ1v) is 2.03. The van der Waals surface area contributed by atoms with Gasteiger partial charge in [0.1, 0.15) is 0 Å². The molecule has 0 aliphatic heterocycles. The smallest absolute Gasteiger partial charge is 0.0573 e. The molecule has 0 aromatic rings. The van der Waals surface area contributed by atoms with Crippen molar-refractivity contribution in [1.29, 1.82) is 0 Å². The molecule has 7 heavy (non-hydrogen) atoms. The van der Waals surface area contributed by atoms with Gasteiger partial charge in [0.25, 0.3) is 0 Å². The van der Waals surface area contributed by atoms with Crippen molar-refractivity contribution in [2.75, 3.05) is 20.2 Å². The third kappa shape index (κ3) is 3.68. The molecule has 0 heterocycles. The highest BCUT2D eigenvalue weighted by atomic mass is 16.5. The standard InChI is InChI=1S/C3H10N2O2/c1-5(4-7)2-3-6/h4,6-7H,2-3H2,1H3. The molecule has 3 N–H and O–H groups in total. The minimum absolute atomic E-state index is 0.0457. The molecule has 0 saturated heterocycles. The molecule has 0 aromatic heterocycles. The third-order valence-electron chi connectivity index (χ3n) is 0.606. The second-order valence-corrected chi connectivity index (χ2v) is 1.25. The SMILES string of the molecule is CN(CCO)NO. The number of nitrogens with zero attached hydrogens (tertiary/aromatic N) is 1. The molecule has 0 saturated carbocycles. The van der Waals surface area contributed by atoms with Gasteiger partial charge in [-0.1, -0.05) is 0 Å². The lowest BCUT2D eigenvalue weighted by Crippen LogP contribution is -2.33. The lowest BCUT2D eigenvalue weighted by atomic mass is 10.7. The zero-order valence-corrected chi connectivity index (χ0v) is 4.26. The molecule has 0 radical (unpaired) electrons. The number of aliphatic hydroxyl groups is 1. The van der Waals surface area contributed by atoms with Crippen molar-refractivity contribution in [2.45, 2.75) is 0 Å². The Labute approximate surface area is 42.3 Å².